The van der Waals surface area contributed by atoms with Crippen molar-refractivity contribution in [2.45, 2.75) is 6.92 Å². The molecule has 0 aliphatic carbocycles. The number of hydrogen-bond donors (Lipinski definition) is 2. The Morgan fingerprint density at radius 1 is 1.33 bits per heavy atom. The summed E-state index contributed by atoms with van der Waals surface area (Å²) in [6.45, 7) is 1.72. The second-order valence-electron chi connectivity index (χ2n) is 3.70. The smallest absolute Gasteiger partial charge is 0.224 e. The van der Waals surface area contributed by atoms with Crippen molar-refractivity contribution in [3.05, 3.63) is 40.2 Å². The first-order valence-corrected chi connectivity index (χ1v) is 6.13. The molecule has 0 aliphatic rings. The molecule has 0 saturated carbocycles. The van der Waals surface area contributed by atoms with Gasteiger partial charge < -0.3 is 10.6 Å². The van der Waals surface area contributed by atoms with Crippen molar-refractivity contribution in [1.82, 2.24) is 9.97 Å². The fourth-order valence-electron chi connectivity index (χ4n) is 1.45. The molecule has 1 aromatic heterocycles. The fraction of sp³-hybridized carbons (Fsp3) is 0.167. The highest BCUT2D eigenvalue weighted by molar-refractivity contribution is 9.10. The summed E-state index contributed by atoms with van der Waals surface area (Å²) in [6, 6.07) is 5.17. The number of nitrogens with one attached hydrogen (secondary N) is 2. The zero-order valence-corrected chi connectivity index (χ0v) is 11.5. The topological polar surface area (TPSA) is 49.8 Å². The molecule has 0 spiro atoms. The van der Waals surface area contributed by atoms with Crippen molar-refractivity contribution in [3.63, 3.8) is 0 Å². The minimum atomic E-state index is -0.283. The van der Waals surface area contributed by atoms with E-state index in [0.29, 0.717) is 27.5 Å². The SMILES string of the molecule is CNc1ncc(Br)c(Nc2cccc(C)c2F)n1. The molecule has 0 aliphatic heterocycles. The van der Waals surface area contributed by atoms with Crippen molar-refractivity contribution in [1.29, 1.82) is 0 Å². The maximum Gasteiger partial charge on any atom is 0.224 e. The summed E-state index contributed by atoms with van der Waals surface area (Å²) in [5.74, 6) is 0.696. The molecule has 2 aromatic rings. The highest BCUT2D eigenvalue weighted by Crippen LogP contribution is 2.26. The van der Waals surface area contributed by atoms with E-state index in [-0.39, 0.29) is 5.82 Å². The van der Waals surface area contributed by atoms with Gasteiger partial charge in [0.25, 0.3) is 0 Å². The Morgan fingerprint density at radius 2 is 2.11 bits per heavy atom. The first-order chi connectivity index (χ1) is 8.61. The molecule has 4 nitrogen and oxygen atoms in total. The van der Waals surface area contributed by atoms with E-state index in [1.807, 2.05) is 0 Å². The summed E-state index contributed by atoms with van der Waals surface area (Å²) in [4.78, 5) is 8.25. The van der Waals surface area contributed by atoms with Gasteiger partial charge in [0.1, 0.15) is 11.6 Å². The van der Waals surface area contributed by atoms with Gasteiger partial charge in [0, 0.05) is 13.2 Å². The normalized spacial score (nSPS) is 10.2. The van der Waals surface area contributed by atoms with Gasteiger partial charge in [-0.05, 0) is 34.5 Å². The quantitative estimate of drug-likeness (QED) is 0.911. The van der Waals surface area contributed by atoms with Crippen molar-refractivity contribution in [2.75, 3.05) is 17.7 Å². The van der Waals surface area contributed by atoms with Crippen molar-refractivity contribution >= 4 is 33.4 Å². The fourth-order valence-corrected chi connectivity index (χ4v) is 1.74. The van der Waals surface area contributed by atoms with Crippen molar-refractivity contribution < 1.29 is 4.39 Å². The second kappa shape index (κ2) is 5.30. The van der Waals surface area contributed by atoms with Crippen LogP contribution in [0.3, 0.4) is 0 Å². The zero-order valence-electron chi connectivity index (χ0n) is 9.96. The molecule has 2 rings (SSSR count). The van der Waals surface area contributed by atoms with Crippen LogP contribution in [0.25, 0.3) is 0 Å². The van der Waals surface area contributed by atoms with E-state index in [0.717, 1.165) is 0 Å². The molecule has 0 amide bonds. The maximum absolute atomic E-state index is 13.9. The maximum atomic E-state index is 13.9. The van der Waals surface area contributed by atoms with Gasteiger partial charge in [-0.3, -0.25) is 0 Å². The number of rotatable bonds is 3. The molecule has 6 heteroatoms. The molecule has 0 atom stereocenters. The van der Waals surface area contributed by atoms with E-state index >= 15 is 0 Å². The Bertz CT molecular complexity index is 574. The van der Waals surface area contributed by atoms with Gasteiger partial charge in [-0.1, -0.05) is 12.1 Å². The highest BCUT2D eigenvalue weighted by atomic mass is 79.9. The Balaban J connectivity index is 2.36. The molecule has 0 unspecified atom stereocenters. The van der Waals surface area contributed by atoms with Crippen LogP contribution in [0.4, 0.5) is 21.8 Å². The predicted molar refractivity (Wildman–Crippen MR) is 73.7 cm³/mol. The van der Waals surface area contributed by atoms with Crippen LogP contribution >= 0.6 is 15.9 Å². The summed E-state index contributed by atoms with van der Waals surface area (Å²) in [5.41, 5.74) is 0.968. The number of halogens is 2. The van der Waals surface area contributed by atoms with Gasteiger partial charge >= 0.3 is 0 Å². The molecule has 1 aromatic carbocycles. The van der Waals surface area contributed by atoms with Crippen LogP contribution in [0.15, 0.2) is 28.9 Å². The third-order valence-electron chi connectivity index (χ3n) is 2.41. The van der Waals surface area contributed by atoms with Crippen LogP contribution in [0.2, 0.25) is 0 Å². The Hall–Kier alpha value is -1.69. The van der Waals surface area contributed by atoms with Crippen LogP contribution in [0, 0.1) is 12.7 Å². The van der Waals surface area contributed by atoms with Crippen LogP contribution in [-0.4, -0.2) is 17.0 Å². The van der Waals surface area contributed by atoms with Gasteiger partial charge in [0.2, 0.25) is 5.95 Å². The largest absolute Gasteiger partial charge is 0.357 e. The lowest BCUT2D eigenvalue weighted by Crippen LogP contribution is -2.02. The minimum Gasteiger partial charge on any atom is -0.357 e. The molecule has 0 radical (unpaired) electrons. The molecular formula is C12H12BrFN4. The molecule has 0 saturated heterocycles. The van der Waals surface area contributed by atoms with E-state index in [4.69, 9.17) is 0 Å². The van der Waals surface area contributed by atoms with Gasteiger partial charge in [0.15, 0.2) is 0 Å². The van der Waals surface area contributed by atoms with Gasteiger partial charge in [-0.2, -0.15) is 4.98 Å². The van der Waals surface area contributed by atoms with E-state index in [1.165, 1.54) is 0 Å². The zero-order chi connectivity index (χ0) is 13.1. The predicted octanol–water partition coefficient (Wildman–Crippen LogP) is 3.47. The number of aryl methyl sites for hydroxylation is 1. The number of hydrogen-bond acceptors (Lipinski definition) is 4. The Labute approximate surface area is 113 Å². The average molecular weight is 311 g/mol. The van der Waals surface area contributed by atoms with Crippen LogP contribution in [0.1, 0.15) is 5.56 Å². The van der Waals surface area contributed by atoms with Gasteiger partial charge in [0.05, 0.1) is 10.2 Å². The second-order valence-corrected chi connectivity index (χ2v) is 4.56. The average Bonchev–Trinajstić information content (AvgIpc) is 2.37. The first-order valence-electron chi connectivity index (χ1n) is 5.34. The third kappa shape index (κ3) is 2.59. The monoisotopic (exact) mass is 310 g/mol. The van der Waals surface area contributed by atoms with Gasteiger partial charge in [-0.25, -0.2) is 9.37 Å². The molecule has 0 bridgehead atoms. The molecule has 2 N–H and O–H groups in total. The summed E-state index contributed by atoms with van der Waals surface area (Å²) in [5, 5.41) is 5.77. The summed E-state index contributed by atoms with van der Waals surface area (Å²) >= 11 is 3.32. The van der Waals surface area contributed by atoms with E-state index in [2.05, 4.69) is 36.5 Å². The van der Waals surface area contributed by atoms with Crippen molar-refractivity contribution in [2.24, 2.45) is 0 Å². The minimum absolute atomic E-state index is 0.283. The van der Waals surface area contributed by atoms with E-state index in [9.17, 15) is 4.39 Å². The Morgan fingerprint density at radius 3 is 2.83 bits per heavy atom. The lowest BCUT2D eigenvalue weighted by molar-refractivity contribution is 0.622. The molecule has 94 valence electrons. The molecule has 1 heterocycles. The van der Waals surface area contributed by atoms with Crippen molar-refractivity contribution in [3.8, 4) is 0 Å². The third-order valence-corrected chi connectivity index (χ3v) is 2.99. The summed E-state index contributed by atoms with van der Waals surface area (Å²) in [7, 11) is 1.72. The molecule has 0 fully saturated rings. The lowest BCUT2D eigenvalue weighted by atomic mass is 10.2. The molecular weight excluding hydrogens is 299 g/mol. The Kier molecular flexibility index (Phi) is 3.76. The summed E-state index contributed by atoms with van der Waals surface area (Å²) < 4.78 is 14.5. The van der Waals surface area contributed by atoms with Gasteiger partial charge in [-0.15, -0.1) is 0 Å². The van der Waals surface area contributed by atoms with E-state index in [1.54, 1.807) is 38.4 Å². The first kappa shape index (κ1) is 12.8. The van der Waals surface area contributed by atoms with E-state index < -0.39 is 0 Å². The number of anilines is 3. The van der Waals surface area contributed by atoms with Crippen LogP contribution < -0.4 is 10.6 Å². The number of benzene rings is 1. The van der Waals surface area contributed by atoms with Crippen LogP contribution in [0.5, 0.6) is 0 Å². The highest BCUT2D eigenvalue weighted by Gasteiger charge is 2.09. The summed E-state index contributed by atoms with van der Waals surface area (Å²) in [6.07, 6.45) is 1.61. The standard InChI is InChI=1S/C12H12BrFN4/c1-7-4-3-5-9(10(7)14)17-11-8(13)6-16-12(15-2)18-11/h3-6H,1-2H3,(H2,15,16,17,18). The lowest BCUT2D eigenvalue weighted by Gasteiger charge is -2.10. The van der Waals surface area contributed by atoms with Crippen LogP contribution in [-0.2, 0) is 0 Å². The number of aromatic nitrogens is 2. The number of nitrogens with zero attached hydrogens (tertiary/aromatic N) is 2. The molecule has 18 heavy (non-hydrogen) atoms.